The first-order valence-electron chi connectivity index (χ1n) is 8.43. The van der Waals surface area contributed by atoms with E-state index in [-0.39, 0.29) is 11.7 Å². The van der Waals surface area contributed by atoms with E-state index in [0.717, 1.165) is 15.6 Å². The predicted octanol–water partition coefficient (Wildman–Crippen LogP) is 6.08. The van der Waals surface area contributed by atoms with Crippen molar-refractivity contribution < 1.29 is 9.18 Å². The molecule has 0 saturated heterocycles. The fraction of sp³-hybridized carbons (Fsp3) is 0. The number of amides is 1. The minimum absolute atomic E-state index is 0.278. The molecule has 1 heterocycles. The minimum atomic E-state index is -0.369. The molecule has 3 nitrogen and oxygen atoms in total. The molecule has 0 fully saturated rings. The van der Waals surface area contributed by atoms with Crippen LogP contribution >= 0.6 is 27.5 Å². The van der Waals surface area contributed by atoms with E-state index in [0.29, 0.717) is 22.2 Å². The first kappa shape index (κ1) is 18.6. The number of benzene rings is 3. The molecular formula is C22H13BrClFN2O. The zero-order chi connectivity index (χ0) is 19.7. The van der Waals surface area contributed by atoms with Gasteiger partial charge in [0.15, 0.2) is 0 Å². The van der Waals surface area contributed by atoms with Gasteiger partial charge >= 0.3 is 0 Å². The number of hydrogen-bond acceptors (Lipinski definition) is 2. The number of anilines is 1. The third-order valence-corrected chi connectivity index (χ3v) is 5.00. The van der Waals surface area contributed by atoms with Crippen molar-refractivity contribution in [2.24, 2.45) is 4.99 Å². The van der Waals surface area contributed by atoms with Crippen molar-refractivity contribution in [3.05, 3.63) is 105 Å². The van der Waals surface area contributed by atoms with Gasteiger partial charge in [-0.05, 0) is 72.3 Å². The summed E-state index contributed by atoms with van der Waals surface area (Å²) in [5.74, 6) is -0.179. The van der Waals surface area contributed by atoms with Gasteiger partial charge in [0.1, 0.15) is 17.3 Å². The highest BCUT2D eigenvalue weighted by atomic mass is 79.9. The monoisotopic (exact) mass is 454 g/mol. The summed E-state index contributed by atoms with van der Waals surface area (Å²) in [6, 6.07) is 20.4. The van der Waals surface area contributed by atoms with Crippen LogP contribution in [0.5, 0.6) is 0 Å². The standard InChI is InChI=1S/C22H13BrClFN2O/c23-16-5-1-14(2-6-16)13-20-22(28)27(19-11-9-18(25)10-12-19)21(26-20)15-3-7-17(24)8-4-15/h1-13H/b20-13+. The Morgan fingerprint density at radius 3 is 2.21 bits per heavy atom. The van der Waals surface area contributed by atoms with Crippen molar-refractivity contribution >= 4 is 51.0 Å². The predicted molar refractivity (Wildman–Crippen MR) is 114 cm³/mol. The van der Waals surface area contributed by atoms with Gasteiger partial charge in [0.2, 0.25) is 0 Å². The summed E-state index contributed by atoms with van der Waals surface area (Å²) >= 11 is 9.39. The largest absolute Gasteiger partial charge is 0.282 e. The molecule has 0 spiro atoms. The molecule has 0 saturated carbocycles. The van der Waals surface area contributed by atoms with Crippen molar-refractivity contribution in [3.8, 4) is 0 Å². The molecule has 3 aromatic rings. The molecule has 1 aliphatic rings. The van der Waals surface area contributed by atoms with E-state index in [4.69, 9.17) is 11.6 Å². The topological polar surface area (TPSA) is 32.7 Å². The zero-order valence-electron chi connectivity index (χ0n) is 14.4. The summed E-state index contributed by atoms with van der Waals surface area (Å²) in [6.07, 6.45) is 1.73. The number of halogens is 3. The first-order chi connectivity index (χ1) is 13.5. The van der Waals surface area contributed by atoms with Crippen LogP contribution in [0.1, 0.15) is 11.1 Å². The summed E-state index contributed by atoms with van der Waals surface area (Å²) in [5, 5.41) is 0.590. The molecule has 138 valence electrons. The van der Waals surface area contributed by atoms with Gasteiger partial charge in [0.25, 0.3) is 5.91 Å². The second kappa shape index (κ2) is 7.70. The average Bonchev–Trinajstić information content (AvgIpc) is 3.01. The summed E-state index contributed by atoms with van der Waals surface area (Å²) in [6.45, 7) is 0. The van der Waals surface area contributed by atoms with Crippen LogP contribution in [0.2, 0.25) is 5.02 Å². The Hall–Kier alpha value is -2.76. The summed E-state index contributed by atoms with van der Waals surface area (Å²) in [5.41, 5.74) is 2.43. The number of aliphatic imine (C=N–C) groups is 1. The van der Waals surface area contributed by atoms with Gasteiger partial charge in [-0.25, -0.2) is 9.38 Å². The van der Waals surface area contributed by atoms with Crippen LogP contribution < -0.4 is 4.90 Å². The minimum Gasteiger partial charge on any atom is -0.266 e. The Labute approximate surface area is 174 Å². The average molecular weight is 456 g/mol. The smallest absolute Gasteiger partial charge is 0.266 e. The lowest BCUT2D eigenvalue weighted by Crippen LogP contribution is -2.32. The van der Waals surface area contributed by atoms with Gasteiger partial charge < -0.3 is 0 Å². The Bertz CT molecular complexity index is 1090. The molecule has 0 bridgehead atoms. The molecule has 28 heavy (non-hydrogen) atoms. The maximum absolute atomic E-state index is 13.4. The van der Waals surface area contributed by atoms with E-state index in [2.05, 4.69) is 20.9 Å². The number of rotatable bonds is 3. The molecule has 0 aromatic heterocycles. The molecule has 0 unspecified atom stereocenters. The number of carbonyl (C=O) groups excluding carboxylic acids is 1. The molecule has 4 rings (SSSR count). The van der Waals surface area contributed by atoms with Gasteiger partial charge in [-0.15, -0.1) is 0 Å². The molecule has 0 radical (unpaired) electrons. The van der Waals surface area contributed by atoms with Crippen LogP contribution in [-0.4, -0.2) is 11.7 Å². The summed E-state index contributed by atoms with van der Waals surface area (Å²) in [7, 11) is 0. The second-order valence-corrected chi connectivity index (χ2v) is 7.49. The number of hydrogen-bond donors (Lipinski definition) is 0. The fourth-order valence-electron chi connectivity index (χ4n) is 2.86. The Morgan fingerprint density at radius 1 is 0.929 bits per heavy atom. The zero-order valence-corrected chi connectivity index (χ0v) is 16.8. The summed E-state index contributed by atoms with van der Waals surface area (Å²) < 4.78 is 14.3. The Morgan fingerprint density at radius 2 is 1.57 bits per heavy atom. The molecule has 3 aromatic carbocycles. The highest BCUT2D eigenvalue weighted by molar-refractivity contribution is 9.10. The molecule has 1 amide bonds. The normalized spacial score (nSPS) is 15.2. The summed E-state index contributed by atoms with van der Waals surface area (Å²) in [4.78, 5) is 19.2. The van der Waals surface area contributed by atoms with E-state index in [1.165, 1.54) is 17.0 Å². The molecule has 0 aliphatic carbocycles. The molecule has 0 N–H and O–H groups in total. The molecular weight excluding hydrogens is 443 g/mol. The van der Waals surface area contributed by atoms with Crippen LogP contribution in [0.15, 0.2) is 88.0 Å². The van der Waals surface area contributed by atoms with Gasteiger partial charge in [-0.1, -0.05) is 39.7 Å². The third-order valence-electron chi connectivity index (χ3n) is 4.22. The van der Waals surface area contributed by atoms with E-state index < -0.39 is 0 Å². The van der Waals surface area contributed by atoms with Crippen LogP contribution in [0.3, 0.4) is 0 Å². The van der Waals surface area contributed by atoms with E-state index >= 15 is 0 Å². The Kier molecular flexibility index (Phi) is 5.11. The first-order valence-corrected chi connectivity index (χ1v) is 9.60. The van der Waals surface area contributed by atoms with Crippen molar-refractivity contribution in [2.45, 2.75) is 0 Å². The van der Waals surface area contributed by atoms with Crippen LogP contribution in [0.4, 0.5) is 10.1 Å². The SMILES string of the molecule is O=C1/C(=C\c2ccc(Br)cc2)N=C(c2ccc(Cl)cc2)N1c1ccc(F)cc1. The highest BCUT2D eigenvalue weighted by Gasteiger charge is 2.32. The molecule has 6 heteroatoms. The van der Waals surface area contributed by atoms with E-state index in [1.54, 1.807) is 42.5 Å². The van der Waals surface area contributed by atoms with Gasteiger partial charge in [0, 0.05) is 15.1 Å². The number of nitrogens with zero attached hydrogens (tertiary/aromatic N) is 2. The molecule has 1 aliphatic heterocycles. The lowest BCUT2D eigenvalue weighted by Gasteiger charge is -2.18. The maximum Gasteiger partial charge on any atom is 0.282 e. The quantitative estimate of drug-likeness (QED) is 0.441. The second-order valence-electron chi connectivity index (χ2n) is 6.14. The van der Waals surface area contributed by atoms with Gasteiger partial charge in [-0.3, -0.25) is 9.69 Å². The maximum atomic E-state index is 13.4. The van der Waals surface area contributed by atoms with Crippen molar-refractivity contribution in [1.82, 2.24) is 0 Å². The highest BCUT2D eigenvalue weighted by Crippen LogP contribution is 2.28. The number of amidine groups is 1. The number of carbonyl (C=O) groups is 1. The van der Waals surface area contributed by atoms with E-state index in [1.807, 2.05) is 24.3 Å². The third kappa shape index (κ3) is 3.77. The van der Waals surface area contributed by atoms with Crippen LogP contribution in [-0.2, 0) is 4.79 Å². The van der Waals surface area contributed by atoms with Crippen molar-refractivity contribution in [3.63, 3.8) is 0 Å². The van der Waals surface area contributed by atoms with Crippen molar-refractivity contribution in [1.29, 1.82) is 0 Å². The lowest BCUT2D eigenvalue weighted by molar-refractivity contribution is -0.113. The Balaban J connectivity index is 1.81. The van der Waals surface area contributed by atoms with Gasteiger partial charge in [0.05, 0.1) is 5.69 Å². The van der Waals surface area contributed by atoms with Gasteiger partial charge in [-0.2, -0.15) is 0 Å². The fourth-order valence-corrected chi connectivity index (χ4v) is 3.25. The van der Waals surface area contributed by atoms with Crippen molar-refractivity contribution in [2.75, 3.05) is 4.90 Å². The van der Waals surface area contributed by atoms with Crippen LogP contribution in [0, 0.1) is 5.82 Å². The lowest BCUT2D eigenvalue weighted by atomic mass is 10.1. The molecule has 0 atom stereocenters. The van der Waals surface area contributed by atoms with E-state index in [9.17, 15) is 9.18 Å². The van der Waals surface area contributed by atoms with Crippen LogP contribution in [0.25, 0.3) is 6.08 Å².